The number of benzene rings is 1. The molecule has 1 aromatic carbocycles. The number of piperidine rings is 1. The summed E-state index contributed by atoms with van der Waals surface area (Å²) in [5.74, 6) is 0.877. The van der Waals surface area contributed by atoms with E-state index in [-0.39, 0.29) is 28.9 Å². The van der Waals surface area contributed by atoms with Gasteiger partial charge in [0.25, 0.3) is 11.5 Å². The molecule has 0 aliphatic carbocycles. The quantitative estimate of drug-likeness (QED) is 0.575. The Kier molecular flexibility index (Phi) is 5.15. The van der Waals surface area contributed by atoms with E-state index in [1.165, 1.54) is 0 Å². The number of carbonyl (C=O) groups is 1. The number of rotatable bonds is 3. The number of nitrogens with zero attached hydrogens (tertiary/aromatic N) is 2. The summed E-state index contributed by atoms with van der Waals surface area (Å²) in [6, 6.07) is 9.10. The van der Waals surface area contributed by atoms with E-state index in [0.29, 0.717) is 42.1 Å². The molecule has 3 atom stereocenters. The van der Waals surface area contributed by atoms with E-state index in [1.807, 2.05) is 41.5 Å². The lowest BCUT2D eigenvalue weighted by molar-refractivity contribution is -0.140. The molecule has 7 nitrogen and oxygen atoms in total. The SMILES string of the molecule is Cc1c(C)c2ccc(OC(C)C(=O)N3C[C@H]4C[C@H](C3)c3cccc(=O)n3C4)c(C)c2oc1=O. The molecule has 3 aromatic rings. The highest BCUT2D eigenvalue weighted by Crippen LogP contribution is 2.35. The molecule has 7 heteroatoms. The van der Waals surface area contributed by atoms with E-state index in [1.54, 1.807) is 26.0 Å². The smallest absolute Gasteiger partial charge is 0.339 e. The highest BCUT2D eigenvalue weighted by molar-refractivity contribution is 5.86. The van der Waals surface area contributed by atoms with Crippen LogP contribution in [-0.2, 0) is 11.3 Å². The van der Waals surface area contributed by atoms with Crippen molar-refractivity contribution in [1.29, 1.82) is 0 Å². The highest BCUT2D eigenvalue weighted by atomic mass is 16.5. The van der Waals surface area contributed by atoms with Gasteiger partial charge in [0.2, 0.25) is 0 Å². The summed E-state index contributed by atoms with van der Waals surface area (Å²) >= 11 is 0. The van der Waals surface area contributed by atoms with Crippen LogP contribution in [0.5, 0.6) is 5.75 Å². The zero-order valence-corrected chi connectivity index (χ0v) is 19.4. The minimum absolute atomic E-state index is 0.0301. The molecule has 2 aromatic heterocycles. The number of likely N-dealkylation sites (tertiary alicyclic amines) is 1. The van der Waals surface area contributed by atoms with Crippen LogP contribution in [0.3, 0.4) is 0 Å². The zero-order chi connectivity index (χ0) is 23.4. The molecule has 172 valence electrons. The van der Waals surface area contributed by atoms with Crippen molar-refractivity contribution in [2.24, 2.45) is 5.92 Å². The molecule has 5 rings (SSSR count). The van der Waals surface area contributed by atoms with E-state index in [2.05, 4.69) is 0 Å². The van der Waals surface area contributed by atoms with Crippen LogP contribution in [0, 0.1) is 26.7 Å². The first kappa shape index (κ1) is 21.5. The molecule has 4 heterocycles. The van der Waals surface area contributed by atoms with Gasteiger partial charge < -0.3 is 18.6 Å². The maximum absolute atomic E-state index is 13.3. The van der Waals surface area contributed by atoms with Gasteiger partial charge in [0.05, 0.1) is 0 Å². The first-order valence-corrected chi connectivity index (χ1v) is 11.4. The summed E-state index contributed by atoms with van der Waals surface area (Å²) in [6.45, 7) is 9.10. The number of hydrogen-bond acceptors (Lipinski definition) is 5. The Balaban J connectivity index is 1.37. The lowest BCUT2D eigenvalue weighted by Gasteiger charge is -2.43. The summed E-state index contributed by atoms with van der Waals surface area (Å²) in [7, 11) is 0. The molecule has 0 radical (unpaired) electrons. The van der Waals surface area contributed by atoms with Gasteiger partial charge in [-0.15, -0.1) is 0 Å². The van der Waals surface area contributed by atoms with E-state index in [4.69, 9.17) is 9.15 Å². The topological polar surface area (TPSA) is 81.8 Å². The molecule has 2 aliphatic rings. The van der Waals surface area contributed by atoms with Crippen LogP contribution in [0.2, 0.25) is 0 Å². The van der Waals surface area contributed by atoms with Gasteiger partial charge in [-0.05, 0) is 63.8 Å². The number of fused-ring (bicyclic) bond motifs is 5. The average molecular weight is 449 g/mol. The Hall–Kier alpha value is -3.35. The Morgan fingerprint density at radius 1 is 1.03 bits per heavy atom. The third kappa shape index (κ3) is 3.56. The second-order valence-corrected chi connectivity index (χ2v) is 9.41. The molecule has 1 fully saturated rings. The van der Waals surface area contributed by atoms with Gasteiger partial charge in [0.15, 0.2) is 6.10 Å². The van der Waals surface area contributed by atoms with Crippen molar-refractivity contribution >= 4 is 16.9 Å². The highest BCUT2D eigenvalue weighted by Gasteiger charge is 2.37. The average Bonchev–Trinajstić information content (AvgIpc) is 2.80. The second kappa shape index (κ2) is 7.90. The van der Waals surface area contributed by atoms with Gasteiger partial charge >= 0.3 is 5.63 Å². The monoisotopic (exact) mass is 448 g/mol. The standard InChI is InChI=1S/C26H28N2O5/c1-14-15(2)26(31)33-24-16(3)22(9-8-20(14)24)32-17(4)25(30)27-11-18-10-19(13-27)21-6-5-7-23(29)28(21)12-18/h5-9,17-19H,10-13H2,1-4H3/t17?,18-,19-/m1/s1. The summed E-state index contributed by atoms with van der Waals surface area (Å²) in [4.78, 5) is 39.6. The fourth-order valence-corrected chi connectivity index (χ4v) is 5.33. The largest absolute Gasteiger partial charge is 0.480 e. The summed E-state index contributed by atoms with van der Waals surface area (Å²) in [5, 5.41) is 0.869. The van der Waals surface area contributed by atoms with Crippen LogP contribution in [0.4, 0.5) is 0 Å². The minimum Gasteiger partial charge on any atom is -0.480 e. The Morgan fingerprint density at radius 2 is 1.82 bits per heavy atom. The molecule has 1 amide bonds. The molecule has 0 saturated carbocycles. The van der Waals surface area contributed by atoms with E-state index < -0.39 is 6.10 Å². The summed E-state index contributed by atoms with van der Waals surface area (Å²) < 4.78 is 13.5. The Bertz CT molecular complexity index is 1390. The fourth-order valence-electron chi connectivity index (χ4n) is 5.33. The molecular weight excluding hydrogens is 420 g/mol. The lowest BCUT2D eigenvalue weighted by Crippen LogP contribution is -2.52. The van der Waals surface area contributed by atoms with Gasteiger partial charge in [0, 0.05) is 53.8 Å². The predicted molar refractivity (Wildman–Crippen MR) is 125 cm³/mol. The fraction of sp³-hybridized carbons (Fsp3) is 0.423. The number of aryl methyl sites for hydroxylation is 2. The molecule has 2 aliphatic heterocycles. The van der Waals surface area contributed by atoms with Crippen LogP contribution in [0.15, 0.2) is 44.3 Å². The van der Waals surface area contributed by atoms with Gasteiger partial charge in [-0.1, -0.05) is 6.07 Å². The Morgan fingerprint density at radius 3 is 2.61 bits per heavy atom. The normalized spacial score (nSPS) is 20.4. The number of pyridine rings is 1. The molecule has 0 spiro atoms. The van der Waals surface area contributed by atoms with Gasteiger partial charge in [0.1, 0.15) is 11.3 Å². The molecule has 33 heavy (non-hydrogen) atoms. The number of ether oxygens (including phenoxy) is 1. The van der Waals surface area contributed by atoms with E-state index >= 15 is 0 Å². The first-order chi connectivity index (χ1) is 15.7. The third-order valence-electron chi connectivity index (χ3n) is 7.27. The lowest BCUT2D eigenvalue weighted by atomic mass is 9.83. The van der Waals surface area contributed by atoms with Crippen molar-refractivity contribution in [2.75, 3.05) is 13.1 Å². The number of carbonyl (C=O) groups excluding carboxylic acids is 1. The molecule has 1 saturated heterocycles. The van der Waals surface area contributed by atoms with Crippen molar-refractivity contribution in [3.05, 3.63) is 73.5 Å². The van der Waals surface area contributed by atoms with Gasteiger partial charge in [-0.3, -0.25) is 9.59 Å². The van der Waals surface area contributed by atoms with Gasteiger partial charge in [-0.25, -0.2) is 4.79 Å². The predicted octanol–water partition coefficient (Wildman–Crippen LogP) is 3.29. The summed E-state index contributed by atoms with van der Waals surface area (Å²) in [5.41, 5.74) is 3.37. The number of amides is 1. The zero-order valence-electron chi connectivity index (χ0n) is 19.4. The van der Waals surface area contributed by atoms with Crippen LogP contribution in [0.25, 0.3) is 11.0 Å². The first-order valence-electron chi connectivity index (χ1n) is 11.4. The van der Waals surface area contributed by atoms with Gasteiger partial charge in [-0.2, -0.15) is 0 Å². The van der Waals surface area contributed by atoms with Crippen molar-refractivity contribution in [3.8, 4) is 5.75 Å². The molecule has 2 bridgehead atoms. The van der Waals surface area contributed by atoms with Crippen LogP contribution in [0.1, 0.15) is 41.6 Å². The maximum atomic E-state index is 13.3. The maximum Gasteiger partial charge on any atom is 0.339 e. The second-order valence-electron chi connectivity index (χ2n) is 9.41. The summed E-state index contributed by atoms with van der Waals surface area (Å²) in [6.07, 6.45) is 0.306. The molecule has 1 unspecified atom stereocenters. The molecule has 0 N–H and O–H groups in total. The van der Waals surface area contributed by atoms with E-state index in [9.17, 15) is 14.4 Å². The number of hydrogen-bond donors (Lipinski definition) is 0. The number of aromatic nitrogens is 1. The van der Waals surface area contributed by atoms with Crippen LogP contribution < -0.4 is 15.9 Å². The van der Waals surface area contributed by atoms with Crippen molar-refractivity contribution in [3.63, 3.8) is 0 Å². The van der Waals surface area contributed by atoms with Crippen molar-refractivity contribution < 1.29 is 13.9 Å². The molecular formula is C26H28N2O5. The van der Waals surface area contributed by atoms with Crippen molar-refractivity contribution in [2.45, 2.75) is 52.7 Å². The minimum atomic E-state index is -0.684. The Labute approximate surface area is 191 Å². The van der Waals surface area contributed by atoms with Crippen LogP contribution in [-0.4, -0.2) is 34.6 Å². The van der Waals surface area contributed by atoms with Crippen molar-refractivity contribution in [1.82, 2.24) is 9.47 Å². The van der Waals surface area contributed by atoms with E-state index in [0.717, 1.165) is 23.1 Å². The van der Waals surface area contributed by atoms with Crippen LogP contribution >= 0.6 is 0 Å². The third-order valence-corrected chi connectivity index (χ3v) is 7.27.